The van der Waals surface area contributed by atoms with Crippen LogP contribution in [0.15, 0.2) is 53.2 Å². The third kappa shape index (κ3) is 3.30. The summed E-state index contributed by atoms with van der Waals surface area (Å²) in [6, 6.07) is 7.73. The van der Waals surface area contributed by atoms with E-state index in [4.69, 9.17) is 11.6 Å². The first-order chi connectivity index (χ1) is 11.5. The minimum absolute atomic E-state index is 0.265. The number of carbonyl (C=O) groups is 1. The summed E-state index contributed by atoms with van der Waals surface area (Å²) in [5, 5.41) is 5.73. The molecule has 1 aliphatic carbocycles. The fourth-order valence-electron chi connectivity index (χ4n) is 2.75. The molecule has 0 saturated heterocycles. The Morgan fingerprint density at radius 2 is 2.17 bits per heavy atom. The third-order valence-corrected chi connectivity index (χ3v) is 6.01. The minimum atomic E-state index is -0.265. The lowest BCUT2D eigenvalue weighted by Gasteiger charge is -2.22. The maximum Gasteiger partial charge on any atom is 0.283 e. The van der Waals surface area contributed by atoms with Gasteiger partial charge in [0.15, 0.2) is 0 Å². The number of benzene rings is 1. The molecular weight excluding hydrogens is 340 g/mol. The van der Waals surface area contributed by atoms with Crippen molar-refractivity contribution < 1.29 is 4.79 Å². The molecule has 0 fully saturated rings. The highest BCUT2D eigenvalue weighted by atomic mass is 35.5. The number of fused-ring (bicyclic) bond motifs is 1. The van der Waals surface area contributed by atoms with Gasteiger partial charge in [-0.15, -0.1) is 11.3 Å². The van der Waals surface area contributed by atoms with E-state index in [1.807, 2.05) is 38.1 Å². The summed E-state index contributed by atoms with van der Waals surface area (Å²) in [5.74, 6) is 0.121. The van der Waals surface area contributed by atoms with Crippen molar-refractivity contribution in [3.05, 3.63) is 58.0 Å². The van der Waals surface area contributed by atoms with E-state index in [0.29, 0.717) is 15.8 Å². The Bertz CT molecular complexity index is 879. The van der Waals surface area contributed by atoms with E-state index in [-0.39, 0.29) is 5.91 Å². The molecule has 1 N–H and O–H groups in total. The molecule has 1 heterocycles. The normalized spacial score (nSPS) is 19.4. The van der Waals surface area contributed by atoms with Crippen LogP contribution in [-0.2, 0) is 0 Å². The summed E-state index contributed by atoms with van der Waals surface area (Å²) in [6.45, 7) is 8.08. The van der Waals surface area contributed by atoms with E-state index in [0.717, 1.165) is 39.8 Å². The Kier molecular flexibility index (Phi) is 4.88. The molecule has 0 radical (unpaired) electrons. The van der Waals surface area contributed by atoms with E-state index in [1.165, 1.54) is 11.3 Å². The molecule has 3 nitrogen and oxygen atoms in total. The first-order valence-electron chi connectivity index (χ1n) is 7.84. The van der Waals surface area contributed by atoms with Gasteiger partial charge in [0, 0.05) is 10.1 Å². The molecule has 1 unspecified atom stereocenters. The number of amides is 1. The van der Waals surface area contributed by atoms with Crippen LogP contribution in [0.4, 0.5) is 0 Å². The summed E-state index contributed by atoms with van der Waals surface area (Å²) in [4.78, 5) is 13.0. The number of hydrazone groups is 1. The minimum Gasteiger partial charge on any atom is -0.266 e. The number of allylic oxidation sites excluding steroid dienone is 3. The second kappa shape index (κ2) is 6.91. The van der Waals surface area contributed by atoms with Gasteiger partial charge in [-0.3, -0.25) is 4.79 Å². The topological polar surface area (TPSA) is 41.5 Å². The van der Waals surface area contributed by atoms with Crippen LogP contribution < -0.4 is 5.43 Å². The molecule has 1 aromatic carbocycles. The molecule has 24 heavy (non-hydrogen) atoms. The van der Waals surface area contributed by atoms with E-state index < -0.39 is 0 Å². The number of hydrogen-bond acceptors (Lipinski definition) is 3. The lowest BCUT2D eigenvalue weighted by atomic mass is 9.85. The highest BCUT2D eigenvalue weighted by Crippen LogP contribution is 2.35. The van der Waals surface area contributed by atoms with Gasteiger partial charge in [-0.25, -0.2) is 5.43 Å². The quantitative estimate of drug-likeness (QED) is 0.565. The van der Waals surface area contributed by atoms with Gasteiger partial charge in [0.1, 0.15) is 4.88 Å². The fourth-order valence-corrected chi connectivity index (χ4v) is 4.16. The van der Waals surface area contributed by atoms with Crippen molar-refractivity contribution in [2.24, 2.45) is 11.0 Å². The number of nitrogens with one attached hydrogen (secondary N) is 1. The molecular formula is C19H19ClN2OS. The zero-order chi connectivity index (χ0) is 17.3. The Morgan fingerprint density at radius 3 is 2.88 bits per heavy atom. The molecule has 5 heteroatoms. The maximum absolute atomic E-state index is 12.5. The first-order valence-corrected chi connectivity index (χ1v) is 9.03. The van der Waals surface area contributed by atoms with Crippen molar-refractivity contribution in [2.45, 2.75) is 26.7 Å². The van der Waals surface area contributed by atoms with Crippen LogP contribution in [0.5, 0.6) is 0 Å². The number of nitrogens with zero attached hydrogens (tertiary/aromatic N) is 1. The Morgan fingerprint density at radius 1 is 1.42 bits per heavy atom. The standard InChI is InChI=1S/C19H19ClN2OS/c1-11(2)13-9-8-12(3)15(10-13)21-22-19(23)18-17(20)14-6-4-5-7-16(14)24-18/h4-8,13H,1,9-10H2,2-3H3,(H,22,23). The summed E-state index contributed by atoms with van der Waals surface area (Å²) < 4.78 is 0.997. The van der Waals surface area contributed by atoms with Gasteiger partial charge < -0.3 is 0 Å². The lowest BCUT2D eigenvalue weighted by molar-refractivity contribution is 0.0959. The van der Waals surface area contributed by atoms with Gasteiger partial charge in [-0.1, -0.05) is 48.0 Å². The second-order valence-electron chi connectivity index (χ2n) is 6.11. The molecule has 3 rings (SSSR count). The van der Waals surface area contributed by atoms with Crippen LogP contribution in [0.3, 0.4) is 0 Å². The highest BCUT2D eigenvalue weighted by Gasteiger charge is 2.20. The highest BCUT2D eigenvalue weighted by molar-refractivity contribution is 7.21. The lowest BCUT2D eigenvalue weighted by Crippen LogP contribution is -2.22. The predicted molar refractivity (Wildman–Crippen MR) is 103 cm³/mol. The van der Waals surface area contributed by atoms with Gasteiger partial charge >= 0.3 is 0 Å². The number of rotatable bonds is 3. The molecule has 0 spiro atoms. The largest absolute Gasteiger partial charge is 0.283 e. The van der Waals surface area contributed by atoms with Gasteiger partial charge in [0.2, 0.25) is 0 Å². The van der Waals surface area contributed by atoms with Crippen LogP contribution in [0, 0.1) is 5.92 Å². The summed E-state index contributed by atoms with van der Waals surface area (Å²) in [6.07, 6.45) is 3.94. The Hall–Kier alpha value is -1.91. The van der Waals surface area contributed by atoms with Gasteiger partial charge in [0.05, 0.1) is 10.7 Å². The van der Waals surface area contributed by atoms with Crippen LogP contribution in [0.1, 0.15) is 36.4 Å². The second-order valence-corrected chi connectivity index (χ2v) is 7.54. The average molecular weight is 359 g/mol. The van der Waals surface area contributed by atoms with Crippen LogP contribution in [0.2, 0.25) is 5.02 Å². The molecule has 1 amide bonds. The molecule has 0 saturated carbocycles. The van der Waals surface area contributed by atoms with E-state index in [1.54, 1.807) is 0 Å². The molecule has 0 aliphatic heterocycles. The van der Waals surface area contributed by atoms with E-state index in [2.05, 4.69) is 23.2 Å². The van der Waals surface area contributed by atoms with Crippen molar-refractivity contribution in [1.82, 2.24) is 5.43 Å². The zero-order valence-corrected chi connectivity index (χ0v) is 15.3. The van der Waals surface area contributed by atoms with Crippen molar-refractivity contribution >= 4 is 44.6 Å². The fraction of sp³-hybridized carbons (Fsp3) is 0.263. The predicted octanol–water partition coefficient (Wildman–Crippen LogP) is 5.57. The third-order valence-electron chi connectivity index (χ3n) is 4.33. The van der Waals surface area contributed by atoms with Crippen molar-refractivity contribution in [3.8, 4) is 0 Å². The van der Waals surface area contributed by atoms with E-state index in [9.17, 15) is 4.79 Å². The zero-order valence-electron chi connectivity index (χ0n) is 13.7. The number of hydrogen-bond donors (Lipinski definition) is 1. The van der Waals surface area contributed by atoms with Crippen LogP contribution in [-0.4, -0.2) is 11.6 Å². The van der Waals surface area contributed by atoms with Crippen LogP contribution in [0.25, 0.3) is 10.1 Å². The molecule has 124 valence electrons. The van der Waals surface area contributed by atoms with Gasteiger partial charge in [-0.2, -0.15) is 5.10 Å². The number of carbonyl (C=O) groups excluding carboxylic acids is 1. The first kappa shape index (κ1) is 16.9. The smallest absolute Gasteiger partial charge is 0.266 e. The Labute approximate surface area is 150 Å². The molecule has 1 atom stereocenters. The van der Waals surface area contributed by atoms with E-state index >= 15 is 0 Å². The molecule has 0 bridgehead atoms. The molecule has 2 aromatic rings. The summed E-state index contributed by atoms with van der Waals surface area (Å²) >= 11 is 7.73. The van der Waals surface area contributed by atoms with Crippen molar-refractivity contribution in [3.63, 3.8) is 0 Å². The number of thiophene rings is 1. The van der Waals surface area contributed by atoms with Gasteiger partial charge in [0.25, 0.3) is 5.91 Å². The average Bonchev–Trinajstić information content (AvgIpc) is 2.91. The number of halogens is 1. The molecule has 1 aromatic heterocycles. The van der Waals surface area contributed by atoms with Crippen molar-refractivity contribution in [1.29, 1.82) is 0 Å². The SMILES string of the molecule is C=C(C)C1CC=C(C)C(=NNC(=O)c2sc3ccccc3c2Cl)C1. The monoisotopic (exact) mass is 358 g/mol. The molecule has 1 aliphatic rings. The van der Waals surface area contributed by atoms with Crippen molar-refractivity contribution in [2.75, 3.05) is 0 Å². The summed E-state index contributed by atoms with van der Waals surface area (Å²) in [7, 11) is 0. The summed E-state index contributed by atoms with van der Waals surface area (Å²) in [5.41, 5.74) is 5.82. The van der Waals surface area contributed by atoms with Gasteiger partial charge in [-0.05, 0) is 44.2 Å². The Balaban J connectivity index is 1.81. The maximum atomic E-state index is 12.5. The van der Waals surface area contributed by atoms with Crippen LogP contribution >= 0.6 is 22.9 Å².